The Morgan fingerprint density at radius 3 is 2.69 bits per heavy atom. The minimum absolute atomic E-state index is 0.120. The zero-order chi connectivity index (χ0) is 12.1. The molecule has 0 saturated carbocycles. The van der Waals surface area contributed by atoms with Gasteiger partial charge in [-0.25, -0.2) is 9.59 Å². The van der Waals surface area contributed by atoms with Crippen LogP contribution in [0, 0.1) is 0 Å². The molecule has 0 bridgehead atoms. The van der Waals surface area contributed by atoms with Crippen molar-refractivity contribution in [1.82, 2.24) is 5.32 Å². The van der Waals surface area contributed by atoms with Crippen molar-refractivity contribution in [2.24, 2.45) is 0 Å². The first-order valence-corrected chi connectivity index (χ1v) is 5.41. The van der Waals surface area contributed by atoms with Crippen molar-refractivity contribution in [3.05, 3.63) is 28.2 Å². The molecule has 0 saturated heterocycles. The van der Waals surface area contributed by atoms with Crippen LogP contribution in [0.2, 0.25) is 0 Å². The molecule has 3 N–H and O–H groups in total. The van der Waals surface area contributed by atoms with E-state index in [9.17, 15) is 9.59 Å². The molecular weight excluding hydrogens is 276 g/mol. The highest BCUT2D eigenvalue weighted by atomic mass is 79.9. The monoisotopic (exact) mass is 286 g/mol. The van der Waals surface area contributed by atoms with E-state index in [4.69, 9.17) is 5.11 Å². The van der Waals surface area contributed by atoms with Gasteiger partial charge in [0.05, 0.1) is 11.3 Å². The number of nitrogens with one attached hydrogen (secondary N) is 2. The normalized spacial score (nSPS) is 9.62. The second-order valence-corrected chi connectivity index (χ2v) is 3.84. The van der Waals surface area contributed by atoms with E-state index in [1.54, 1.807) is 13.0 Å². The summed E-state index contributed by atoms with van der Waals surface area (Å²) in [6.07, 6.45) is 0. The molecule has 1 aromatic rings. The third-order valence-electron chi connectivity index (χ3n) is 1.80. The molecular formula is C10H11BrN2O3. The number of amides is 2. The maximum Gasteiger partial charge on any atom is 0.335 e. The van der Waals surface area contributed by atoms with Crippen molar-refractivity contribution in [3.8, 4) is 0 Å². The molecule has 2 amide bonds. The van der Waals surface area contributed by atoms with E-state index in [-0.39, 0.29) is 11.6 Å². The van der Waals surface area contributed by atoms with Crippen LogP contribution in [0.15, 0.2) is 22.7 Å². The highest BCUT2D eigenvalue weighted by molar-refractivity contribution is 9.10. The van der Waals surface area contributed by atoms with Gasteiger partial charge in [0.2, 0.25) is 0 Å². The summed E-state index contributed by atoms with van der Waals surface area (Å²) in [4.78, 5) is 22.0. The maximum absolute atomic E-state index is 11.3. The van der Waals surface area contributed by atoms with E-state index < -0.39 is 5.97 Å². The predicted octanol–water partition coefficient (Wildman–Crippen LogP) is 2.29. The Morgan fingerprint density at radius 2 is 2.12 bits per heavy atom. The van der Waals surface area contributed by atoms with Gasteiger partial charge in [0, 0.05) is 11.0 Å². The van der Waals surface area contributed by atoms with Crippen molar-refractivity contribution in [3.63, 3.8) is 0 Å². The first-order chi connectivity index (χ1) is 7.54. The van der Waals surface area contributed by atoms with Gasteiger partial charge in [0.1, 0.15) is 0 Å². The van der Waals surface area contributed by atoms with Crippen molar-refractivity contribution in [2.75, 3.05) is 11.9 Å². The summed E-state index contributed by atoms with van der Waals surface area (Å²) < 4.78 is 0.628. The average Bonchev–Trinajstić information content (AvgIpc) is 2.21. The van der Waals surface area contributed by atoms with Crippen LogP contribution in [0.4, 0.5) is 10.5 Å². The zero-order valence-corrected chi connectivity index (χ0v) is 10.2. The largest absolute Gasteiger partial charge is 0.478 e. The molecule has 6 heteroatoms. The van der Waals surface area contributed by atoms with Gasteiger partial charge in [-0.1, -0.05) is 0 Å². The van der Waals surface area contributed by atoms with Crippen LogP contribution in [0.5, 0.6) is 0 Å². The van der Waals surface area contributed by atoms with Gasteiger partial charge in [-0.05, 0) is 41.1 Å². The Labute approximate surface area is 101 Å². The smallest absolute Gasteiger partial charge is 0.335 e. The van der Waals surface area contributed by atoms with Gasteiger partial charge in [-0.3, -0.25) is 0 Å². The van der Waals surface area contributed by atoms with Crippen LogP contribution in [0.3, 0.4) is 0 Å². The summed E-state index contributed by atoms with van der Waals surface area (Å²) >= 11 is 3.22. The summed E-state index contributed by atoms with van der Waals surface area (Å²) in [5.74, 6) is -1.04. The first-order valence-electron chi connectivity index (χ1n) is 4.62. The van der Waals surface area contributed by atoms with Gasteiger partial charge in [0.15, 0.2) is 0 Å². The number of anilines is 1. The van der Waals surface area contributed by atoms with E-state index >= 15 is 0 Å². The maximum atomic E-state index is 11.3. The van der Waals surface area contributed by atoms with Gasteiger partial charge in [-0.15, -0.1) is 0 Å². The fraction of sp³-hybridized carbons (Fsp3) is 0.200. The lowest BCUT2D eigenvalue weighted by atomic mass is 10.2. The van der Waals surface area contributed by atoms with Gasteiger partial charge >= 0.3 is 12.0 Å². The number of carboxylic acid groups (broad SMARTS) is 1. The van der Waals surface area contributed by atoms with Gasteiger partial charge in [-0.2, -0.15) is 0 Å². The molecule has 16 heavy (non-hydrogen) atoms. The average molecular weight is 287 g/mol. The second kappa shape index (κ2) is 5.50. The number of carbonyl (C=O) groups excluding carboxylic acids is 1. The van der Waals surface area contributed by atoms with Crippen molar-refractivity contribution in [1.29, 1.82) is 0 Å². The lowest BCUT2D eigenvalue weighted by Crippen LogP contribution is -2.28. The predicted molar refractivity (Wildman–Crippen MR) is 63.8 cm³/mol. The van der Waals surface area contributed by atoms with E-state index in [0.717, 1.165) is 0 Å². The fourth-order valence-corrected chi connectivity index (χ4v) is 1.43. The molecule has 0 aliphatic rings. The van der Waals surface area contributed by atoms with Crippen molar-refractivity contribution >= 4 is 33.6 Å². The Morgan fingerprint density at radius 1 is 1.44 bits per heavy atom. The molecule has 5 nitrogen and oxygen atoms in total. The third-order valence-corrected chi connectivity index (χ3v) is 2.49. The summed E-state index contributed by atoms with van der Waals surface area (Å²) in [5.41, 5.74) is 0.542. The Kier molecular flexibility index (Phi) is 4.30. The molecule has 0 aliphatic heterocycles. The molecule has 0 fully saturated rings. The molecule has 0 aromatic heterocycles. The molecule has 1 aromatic carbocycles. The van der Waals surface area contributed by atoms with Gasteiger partial charge < -0.3 is 15.7 Å². The molecule has 0 aliphatic carbocycles. The number of benzene rings is 1. The number of hydrogen-bond acceptors (Lipinski definition) is 2. The number of carboxylic acids is 1. The van der Waals surface area contributed by atoms with Crippen LogP contribution in [0.25, 0.3) is 0 Å². The Bertz CT molecular complexity index is 421. The number of rotatable bonds is 3. The first kappa shape index (κ1) is 12.5. The molecule has 1 rings (SSSR count). The molecule has 86 valence electrons. The highest BCUT2D eigenvalue weighted by Crippen LogP contribution is 2.23. The van der Waals surface area contributed by atoms with E-state index in [1.165, 1.54) is 12.1 Å². The SMILES string of the molecule is CCNC(=O)Nc1cc(C(=O)O)ccc1Br. The second-order valence-electron chi connectivity index (χ2n) is 2.98. The lowest BCUT2D eigenvalue weighted by Gasteiger charge is -2.08. The van der Waals surface area contributed by atoms with Crippen LogP contribution in [-0.4, -0.2) is 23.7 Å². The minimum Gasteiger partial charge on any atom is -0.478 e. The molecule has 0 spiro atoms. The number of carbonyl (C=O) groups is 2. The lowest BCUT2D eigenvalue weighted by molar-refractivity contribution is 0.0697. The molecule has 0 atom stereocenters. The highest BCUT2D eigenvalue weighted by Gasteiger charge is 2.08. The van der Waals surface area contributed by atoms with E-state index in [1.807, 2.05) is 0 Å². The summed E-state index contributed by atoms with van der Waals surface area (Å²) in [6.45, 7) is 2.30. The van der Waals surface area contributed by atoms with Crippen molar-refractivity contribution in [2.45, 2.75) is 6.92 Å². The Hall–Kier alpha value is -1.56. The van der Waals surface area contributed by atoms with E-state index in [0.29, 0.717) is 16.7 Å². The topological polar surface area (TPSA) is 78.4 Å². The Balaban J connectivity index is 2.90. The van der Waals surface area contributed by atoms with Crippen molar-refractivity contribution < 1.29 is 14.7 Å². The molecule has 0 heterocycles. The van der Waals surface area contributed by atoms with Crippen LogP contribution in [0.1, 0.15) is 17.3 Å². The fourth-order valence-electron chi connectivity index (χ4n) is 1.08. The molecule has 0 unspecified atom stereocenters. The number of halogens is 1. The van der Waals surface area contributed by atoms with E-state index in [2.05, 4.69) is 26.6 Å². The van der Waals surface area contributed by atoms with Crippen LogP contribution < -0.4 is 10.6 Å². The van der Waals surface area contributed by atoms with Crippen LogP contribution in [-0.2, 0) is 0 Å². The third kappa shape index (κ3) is 3.23. The summed E-state index contributed by atoms with van der Waals surface area (Å²) in [6, 6.07) is 4.05. The number of aromatic carboxylic acids is 1. The standard InChI is InChI=1S/C10H11BrN2O3/c1-2-12-10(16)13-8-5-6(9(14)15)3-4-7(8)11/h3-5H,2H2,1H3,(H,14,15)(H2,12,13,16). The minimum atomic E-state index is -1.04. The summed E-state index contributed by atoms with van der Waals surface area (Å²) in [7, 11) is 0. The quantitative estimate of drug-likeness (QED) is 0.798. The van der Waals surface area contributed by atoms with Gasteiger partial charge in [0.25, 0.3) is 0 Å². The van der Waals surface area contributed by atoms with Crippen LogP contribution >= 0.6 is 15.9 Å². The molecule has 0 radical (unpaired) electrons. The number of urea groups is 1. The summed E-state index contributed by atoms with van der Waals surface area (Å²) in [5, 5.41) is 13.9. The number of hydrogen-bond donors (Lipinski definition) is 3. The zero-order valence-electron chi connectivity index (χ0n) is 8.58.